The molecular weight excluding hydrogens is 534 g/mol. The van der Waals surface area contributed by atoms with Gasteiger partial charge in [0.2, 0.25) is 0 Å². The predicted molar refractivity (Wildman–Crippen MR) is 140 cm³/mol. The van der Waals surface area contributed by atoms with Gasteiger partial charge in [0.05, 0.1) is 21.2 Å². The highest BCUT2D eigenvalue weighted by Crippen LogP contribution is 2.32. The van der Waals surface area contributed by atoms with E-state index in [0.29, 0.717) is 41.7 Å². The number of amides is 1. The maximum atomic E-state index is 13.4. The van der Waals surface area contributed by atoms with Crippen LogP contribution in [0.1, 0.15) is 26.2 Å². The minimum absolute atomic E-state index is 0.149. The summed E-state index contributed by atoms with van der Waals surface area (Å²) in [5, 5.41) is 0. The zero-order valence-electron chi connectivity index (χ0n) is 18.9. The standard InChI is InChI=1S/C22H26ClN3O4S4/c1-3-30-13-12-25-16-8-7-15(31-2)14-18(16)32-22(25)24-21(27)17-6-4-5-11-26(17)34(28,29)20-10-9-19(23)33-20/h7-10,14,17H,3-6,11-13H2,1-2H3. The molecule has 1 unspecified atom stereocenters. The largest absolute Gasteiger partial charge is 0.380 e. The molecule has 1 aliphatic heterocycles. The van der Waals surface area contributed by atoms with Gasteiger partial charge in [-0.1, -0.05) is 29.4 Å². The van der Waals surface area contributed by atoms with Crippen molar-refractivity contribution in [1.29, 1.82) is 0 Å². The van der Waals surface area contributed by atoms with Crippen molar-refractivity contribution < 1.29 is 17.9 Å². The highest BCUT2D eigenvalue weighted by molar-refractivity contribution is 7.98. The summed E-state index contributed by atoms with van der Waals surface area (Å²) in [4.78, 5) is 19.6. The zero-order valence-corrected chi connectivity index (χ0v) is 22.9. The Morgan fingerprint density at radius 2 is 2.09 bits per heavy atom. The van der Waals surface area contributed by atoms with Gasteiger partial charge in [-0.3, -0.25) is 4.79 Å². The lowest BCUT2D eigenvalue weighted by Crippen LogP contribution is -2.47. The average molecular weight is 560 g/mol. The number of thiophene rings is 1. The van der Waals surface area contributed by atoms with Crippen LogP contribution in [0, 0.1) is 0 Å². The van der Waals surface area contributed by atoms with E-state index in [1.165, 1.54) is 21.7 Å². The molecule has 1 amide bonds. The molecule has 1 aliphatic rings. The minimum atomic E-state index is -3.83. The summed E-state index contributed by atoms with van der Waals surface area (Å²) in [6.07, 6.45) is 3.94. The summed E-state index contributed by atoms with van der Waals surface area (Å²) < 4.78 is 37.0. The number of sulfonamides is 1. The Kier molecular flexibility index (Phi) is 8.55. The first-order chi connectivity index (χ1) is 16.3. The molecule has 0 radical (unpaired) electrons. The van der Waals surface area contributed by atoms with E-state index in [-0.39, 0.29) is 10.8 Å². The molecule has 0 aliphatic carbocycles. The van der Waals surface area contributed by atoms with Crippen LogP contribution in [0.15, 0.2) is 44.4 Å². The summed E-state index contributed by atoms with van der Waals surface area (Å²) in [5.74, 6) is -0.437. The zero-order chi connectivity index (χ0) is 24.3. The van der Waals surface area contributed by atoms with Gasteiger partial charge >= 0.3 is 0 Å². The van der Waals surface area contributed by atoms with Gasteiger partial charge < -0.3 is 9.30 Å². The van der Waals surface area contributed by atoms with Crippen molar-refractivity contribution in [2.24, 2.45) is 4.99 Å². The van der Waals surface area contributed by atoms with E-state index >= 15 is 0 Å². The summed E-state index contributed by atoms with van der Waals surface area (Å²) in [6.45, 7) is 3.88. The van der Waals surface area contributed by atoms with Crippen molar-refractivity contribution in [3.63, 3.8) is 0 Å². The lowest BCUT2D eigenvalue weighted by molar-refractivity contribution is -0.122. The van der Waals surface area contributed by atoms with Crippen molar-refractivity contribution >= 4 is 72.2 Å². The van der Waals surface area contributed by atoms with Crippen LogP contribution in [0.3, 0.4) is 0 Å². The van der Waals surface area contributed by atoms with Gasteiger partial charge in [-0.2, -0.15) is 9.30 Å². The third-order valence-corrected chi connectivity index (χ3v) is 11.0. The van der Waals surface area contributed by atoms with Crippen LogP contribution < -0.4 is 4.80 Å². The van der Waals surface area contributed by atoms with E-state index in [1.807, 2.05) is 29.9 Å². The van der Waals surface area contributed by atoms with Crippen LogP contribution in [-0.2, 0) is 26.1 Å². The molecule has 3 aromatic rings. The number of fused-ring (bicyclic) bond motifs is 1. The number of benzene rings is 1. The quantitative estimate of drug-likeness (QED) is 0.291. The molecule has 0 bridgehead atoms. The molecule has 7 nitrogen and oxygen atoms in total. The van der Waals surface area contributed by atoms with E-state index < -0.39 is 22.0 Å². The van der Waals surface area contributed by atoms with Crippen LogP contribution in [0.2, 0.25) is 4.34 Å². The number of hydrogen-bond donors (Lipinski definition) is 0. The van der Waals surface area contributed by atoms with Gasteiger partial charge in [0.15, 0.2) is 4.80 Å². The summed E-state index contributed by atoms with van der Waals surface area (Å²) in [5.41, 5.74) is 0.982. The van der Waals surface area contributed by atoms with Gasteiger partial charge in [-0.15, -0.1) is 23.1 Å². The number of rotatable bonds is 8. The molecule has 0 N–H and O–H groups in total. The third kappa shape index (κ3) is 5.45. The van der Waals surface area contributed by atoms with Gasteiger partial charge in [0.1, 0.15) is 10.3 Å². The number of piperidine rings is 1. The number of carbonyl (C=O) groups excluding carboxylic acids is 1. The summed E-state index contributed by atoms with van der Waals surface area (Å²) in [7, 11) is -3.83. The first kappa shape index (κ1) is 25.9. The topological polar surface area (TPSA) is 81.0 Å². The molecule has 1 aromatic carbocycles. The number of carbonyl (C=O) groups is 1. The summed E-state index contributed by atoms with van der Waals surface area (Å²) in [6, 6.07) is 8.39. The van der Waals surface area contributed by atoms with E-state index in [4.69, 9.17) is 16.3 Å². The van der Waals surface area contributed by atoms with Crippen molar-refractivity contribution in [2.45, 2.75) is 47.9 Å². The lowest BCUT2D eigenvalue weighted by Gasteiger charge is -2.31. The molecule has 4 rings (SSSR count). The van der Waals surface area contributed by atoms with Crippen LogP contribution in [-0.4, -0.2) is 55.3 Å². The number of thioether (sulfide) groups is 1. The molecule has 184 valence electrons. The fraction of sp³-hybridized carbons (Fsp3) is 0.455. The number of aromatic nitrogens is 1. The fourth-order valence-electron chi connectivity index (χ4n) is 3.94. The Morgan fingerprint density at radius 1 is 1.26 bits per heavy atom. The Labute approximate surface area is 216 Å². The predicted octanol–water partition coefficient (Wildman–Crippen LogP) is 4.85. The highest BCUT2D eigenvalue weighted by Gasteiger charge is 2.38. The first-order valence-corrected chi connectivity index (χ1v) is 15.6. The smallest absolute Gasteiger partial charge is 0.266 e. The maximum absolute atomic E-state index is 13.4. The Morgan fingerprint density at radius 3 is 2.79 bits per heavy atom. The Hall–Kier alpha value is -1.21. The van der Waals surface area contributed by atoms with E-state index in [9.17, 15) is 13.2 Å². The molecular formula is C22H26ClN3O4S4. The Balaban J connectivity index is 1.72. The fourth-order valence-corrected chi connectivity index (χ4v) is 8.82. The second kappa shape index (κ2) is 11.2. The Bertz CT molecular complexity index is 1350. The molecule has 1 saturated heterocycles. The first-order valence-electron chi connectivity index (χ1n) is 11.0. The van der Waals surface area contributed by atoms with E-state index in [2.05, 4.69) is 11.1 Å². The number of ether oxygens (including phenoxy) is 1. The van der Waals surface area contributed by atoms with Crippen molar-refractivity contribution in [1.82, 2.24) is 8.87 Å². The number of thiazole rings is 1. The van der Waals surface area contributed by atoms with Crippen LogP contribution in [0.5, 0.6) is 0 Å². The number of hydrogen-bond acceptors (Lipinski definition) is 7. The second-order valence-corrected chi connectivity index (χ2v) is 13.4. The van der Waals surface area contributed by atoms with Crippen molar-refractivity contribution in [3.8, 4) is 0 Å². The van der Waals surface area contributed by atoms with E-state index in [1.54, 1.807) is 17.8 Å². The normalized spacial score (nSPS) is 18.1. The SMILES string of the molecule is CCOCCn1c(=NC(=O)C2CCCCN2S(=O)(=O)c2ccc(Cl)s2)sc2cc(SC)ccc21. The van der Waals surface area contributed by atoms with Crippen LogP contribution in [0.4, 0.5) is 0 Å². The van der Waals surface area contributed by atoms with E-state index in [0.717, 1.165) is 32.9 Å². The third-order valence-electron chi connectivity index (χ3n) is 5.61. The molecule has 0 spiro atoms. The van der Waals surface area contributed by atoms with Crippen LogP contribution in [0.25, 0.3) is 10.2 Å². The molecule has 34 heavy (non-hydrogen) atoms. The van der Waals surface area contributed by atoms with Crippen LogP contribution >= 0.6 is 46.0 Å². The molecule has 1 fully saturated rings. The van der Waals surface area contributed by atoms with Crippen molar-refractivity contribution in [2.75, 3.05) is 26.0 Å². The van der Waals surface area contributed by atoms with Gasteiger partial charge in [-0.25, -0.2) is 8.42 Å². The van der Waals surface area contributed by atoms with Crippen molar-refractivity contribution in [3.05, 3.63) is 39.5 Å². The van der Waals surface area contributed by atoms with Gasteiger partial charge in [-0.05, 0) is 56.4 Å². The van der Waals surface area contributed by atoms with Gasteiger partial charge in [0, 0.05) is 24.6 Å². The average Bonchev–Trinajstić information content (AvgIpc) is 3.42. The van der Waals surface area contributed by atoms with Gasteiger partial charge in [0.25, 0.3) is 15.9 Å². The molecule has 12 heteroatoms. The number of nitrogens with zero attached hydrogens (tertiary/aromatic N) is 3. The highest BCUT2D eigenvalue weighted by atomic mass is 35.5. The molecule has 1 atom stereocenters. The number of halogens is 1. The minimum Gasteiger partial charge on any atom is -0.380 e. The molecule has 2 aromatic heterocycles. The molecule has 0 saturated carbocycles. The molecule has 3 heterocycles. The maximum Gasteiger partial charge on any atom is 0.266 e. The second-order valence-electron chi connectivity index (χ2n) is 7.70. The summed E-state index contributed by atoms with van der Waals surface area (Å²) >= 11 is 10.1. The lowest BCUT2D eigenvalue weighted by atomic mass is 10.0. The monoisotopic (exact) mass is 559 g/mol.